The van der Waals surface area contributed by atoms with Gasteiger partial charge in [-0.05, 0) is 63.0 Å². The van der Waals surface area contributed by atoms with Crippen LogP contribution in [0.3, 0.4) is 0 Å². The number of anilines is 1. The van der Waals surface area contributed by atoms with Crippen molar-refractivity contribution in [3.05, 3.63) is 24.3 Å². The highest BCUT2D eigenvalue weighted by atomic mass is 32.2. The van der Waals surface area contributed by atoms with E-state index in [2.05, 4.69) is 22.8 Å². The summed E-state index contributed by atoms with van der Waals surface area (Å²) in [5, 5.41) is 6.81. The summed E-state index contributed by atoms with van der Waals surface area (Å²) in [4.78, 5) is 12.1. The number of carbonyl (C=O) groups excluding carboxylic acids is 1. The lowest BCUT2D eigenvalue weighted by molar-refractivity contribution is -0.114. The van der Waals surface area contributed by atoms with Crippen molar-refractivity contribution < 1.29 is 4.79 Å². The first-order valence-corrected chi connectivity index (χ1v) is 7.87. The molecule has 1 saturated heterocycles. The summed E-state index contributed by atoms with van der Waals surface area (Å²) in [5.41, 5.74) is 0.873. The number of thioether (sulfide) groups is 1. The minimum absolute atomic E-state index is 0.0207. The number of hydrogen-bond donors (Lipinski definition) is 2. The highest BCUT2D eigenvalue weighted by molar-refractivity contribution is 8.00. The molecule has 104 valence electrons. The number of amides is 1. The van der Waals surface area contributed by atoms with Crippen LogP contribution in [0.5, 0.6) is 0 Å². The van der Waals surface area contributed by atoms with Crippen molar-refractivity contribution in [2.24, 2.45) is 0 Å². The minimum Gasteiger partial charge on any atom is -0.326 e. The molecule has 0 atom stereocenters. The molecule has 0 radical (unpaired) electrons. The van der Waals surface area contributed by atoms with Crippen LogP contribution in [0, 0.1) is 0 Å². The molecule has 2 fully saturated rings. The fraction of sp³-hybridized carbons (Fsp3) is 0.533. The van der Waals surface area contributed by atoms with Crippen LogP contribution in [0.4, 0.5) is 5.69 Å². The molecule has 0 bridgehead atoms. The Balaban J connectivity index is 0.000000224. The maximum atomic E-state index is 10.8. The highest BCUT2D eigenvalue weighted by Crippen LogP contribution is 2.39. The van der Waals surface area contributed by atoms with Crippen molar-refractivity contribution in [1.82, 2.24) is 5.32 Å². The van der Waals surface area contributed by atoms with E-state index in [1.165, 1.54) is 50.6 Å². The molecule has 1 aliphatic heterocycles. The van der Waals surface area contributed by atoms with Crippen molar-refractivity contribution >= 4 is 23.4 Å². The molecule has 1 aliphatic carbocycles. The average Bonchev–Trinajstić information content (AvgIpc) is 2.99. The van der Waals surface area contributed by atoms with E-state index in [-0.39, 0.29) is 5.91 Å². The first kappa shape index (κ1) is 14.4. The van der Waals surface area contributed by atoms with E-state index in [0.717, 1.165) is 10.9 Å². The summed E-state index contributed by atoms with van der Waals surface area (Å²) < 4.78 is 0. The summed E-state index contributed by atoms with van der Waals surface area (Å²) in [7, 11) is 0. The normalized spacial score (nSPS) is 17.5. The summed E-state index contributed by atoms with van der Waals surface area (Å²) in [5.74, 6) is -0.0207. The number of benzene rings is 1. The third-order valence-electron chi connectivity index (χ3n) is 2.96. The topological polar surface area (TPSA) is 41.1 Å². The van der Waals surface area contributed by atoms with Crippen molar-refractivity contribution in [3.63, 3.8) is 0 Å². The molecular weight excluding hydrogens is 256 g/mol. The Morgan fingerprint density at radius 3 is 2.26 bits per heavy atom. The number of hydrogen-bond acceptors (Lipinski definition) is 3. The average molecular weight is 278 g/mol. The van der Waals surface area contributed by atoms with Crippen LogP contribution < -0.4 is 10.6 Å². The monoisotopic (exact) mass is 278 g/mol. The number of nitrogens with one attached hydrogen (secondary N) is 2. The van der Waals surface area contributed by atoms with Gasteiger partial charge in [0.15, 0.2) is 0 Å². The molecule has 1 saturated carbocycles. The molecule has 4 heteroatoms. The Morgan fingerprint density at radius 2 is 1.84 bits per heavy atom. The quantitative estimate of drug-likeness (QED) is 0.891. The lowest BCUT2D eigenvalue weighted by Crippen LogP contribution is -2.05. The van der Waals surface area contributed by atoms with Gasteiger partial charge in [-0.2, -0.15) is 0 Å². The van der Waals surface area contributed by atoms with E-state index >= 15 is 0 Å². The molecule has 0 unspecified atom stereocenters. The first-order valence-electron chi connectivity index (χ1n) is 6.99. The highest BCUT2D eigenvalue weighted by Gasteiger charge is 2.22. The summed E-state index contributed by atoms with van der Waals surface area (Å²) >= 11 is 1.92. The fourth-order valence-corrected chi connectivity index (χ4v) is 2.87. The number of carbonyl (C=O) groups is 1. The predicted molar refractivity (Wildman–Crippen MR) is 81.7 cm³/mol. The summed E-state index contributed by atoms with van der Waals surface area (Å²) in [6, 6.07) is 8.03. The van der Waals surface area contributed by atoms with Crippen LogP contribution in [-0.2, 0) is 4.79 Å². The van der Waals surface area contributed by atoms with Crippen LogP contribution in [0.1, 0.15) is 32.6 Å². The third kappa shape index (κ3) is 6.12. The van der Waals surface area contributed by atoms with E-state index in [4.69, 9.17) is 0 Å². The summed E-state index contributed by atoms with van der Waals surface area (Å²) in [6.07, 6.45) is 5.47. The van der Waals surface area contributed by atoms with Crippen molar-refractivity contribution in [2.75, 3.05) is 18.4 Å². The molecule has 2 aliphatic rings. The lowest BCUT2D eigenvalue weighted by Gasteiger charge is -2.03. The van der Waals surface area contributed by atoms with Gasteiger partial charge in [0.05, 0.1) is 0 Å². The van der Waals surface area contributed by atoms with Gasteiger partial charge in [0.25, 0.3) is 0 Å². The maximum absolute atomic E-state index is 10.8. The Bertz CT molecular complexity index is 390. The van der Waals surface area contributed by atoms with Crippen molar-refractivity contribution in [2.45, 2.75) is 42.8 Å². The van der Waals surface area contributed by atoms with Gasteiger partial charge in [0.2, 0.25) is 5.91 Å². The zero-order valence-corrected chi connectivity index (χ0v) is 12.3. The molecule has 1 amide bonds. The van der Waals surface area contributed by atoms with Crippen LogP contribution in [-0.4, -0.2) is 24.2 Å². The Morgan fingerprint density at radius 1 is 1.21 bits per heavy atom. The van der Waals surface area contributed by atoms with Gasteiger partial charge in [-0.3, -0.25) is 4.79 Å². The van der Waals surface area contributed by atoms with Gasteiger partial charge < -0.3 is 10.6 Å². The zero-order valence-electron chi connectivity index (χ0n) is 11.4. The Kier molecular flexibility index (Phi) is 5.73. The first-order chi connectivity index (χ1) is 9.24. The van der Waals surface area contributed by atoms with E-state index in [1.54, 1.807) is 0 Å². The zero-order chi connectivity index (χ0) is 13.5. The van der Waals surface area contributed by atoms with Crippen LogP contribution in [0.15, 0.2) is 29.2 Å². The second kappa shape index (κ2) is 7.56. The molecule has 3 nitrogen and oxygen atoms in total. The van der Waals surface area contributed by atoms with E-state index in [9.17, 15) is 4.79 Å². The van der Waals surface area contributed by atoms with E-state index in [1.807, 2.05) is 23.9 Å². The summed E-state index contributed by atoms with van der Waals surface area (Å²) in [6.45, 7) is 4.02. The van der Waals surface area contributed by atoms with Gasteiger partial charge in [0.1, 0.15) is 0 Å². The van der Waals surface area contributed by atoms with Gasteiger partial charge in [-0.15, -0.1) is 11.8 Å². The lowest BCUT2D eigenvalue weighted by atomic mass is 10.3. The number of rotatable bonds is 3. The maximum Gasteiger partial charge on any atom is 0.221 e. The van der Waals surface area contributed by atoms with Crippen LogP contribution in [0.25, 0.3) is 0 Å². The molecule has 0 aromatic heterocycles. The van der Waals surface area contributed by atoms with Crippen molar-refractivity contribution in [3.8, 4) is 0 Å². The standard InChI is InChI=1S/C11H13NOS.C4H9N/c1-8(13)12-9-2-4-10(5-3-9)14-11-6-7-11;1-2-4-5-3-1/h2-5,11H,6-7H2,1H3,(H,12,13);5H,1-4H2. The third-order valence-corrected chi connectivity index (χ3v) is 4.31. The molecule has 1 heterocycles. The van der Waals surface area contributed by atoms with Gasteiger partial charge in [0, 0.05) is 22.8 Å². The Labute approximate surface area is 119 Å². The van der Waals surface area contributed by atoms with Crippen molar-refractivity contribution in [1.29, 1.82) is 0 Å². The molecule has 2 N–H and O–H groups in total. The molecule has 19 heavy (non-hydrogen) atoms. The fourth-order valence-electron chi connectivity index (χ4n) is 1.82. The van der Waals surface area contributed by atoms with Crippen LogP contribution in [0.2, 0.25) is 0 Å². The molecular formula is C15H22N2OS. The molecule has 1 aromatic rings. The second-order valence-electron chi connectivity index (χ2n) is 4.98. The SMILES string of the molecule is C1CCNC1.CC(=O)Nc1ccc(SC2CC2)cc1. The largest absolute Gasteiger partial charge is 0.326 e. The smallest absolute Gasteiger partial charge is 0.221 e. The van der Waals surface area contributed by atoms with Gasteiger partial charge >= 0.3 is 0 Å². The van der Waals surface area contributed by atoms with Crippen LogP contribution >= 0.6 is 11.8 Å². The molecule has 3 rings (SSSR count). The minimum atomic E-state index is -0.0207. The molecule has 0 spiro atoms. The molecule has 1 aromatic carbocycles. The second-order valence-corrected chi connectivity index (χ2v) is 6.35. The van der Waals surface area contributed by atoms with E-state index in [0.29, 0.717) is 0 Å². The van der Waals surface area contributed by atoms with Gasteiger partial charge in [-0.1, -0.05) is 0 Å². The van der Waals surface area contributed by atoms with E-state index < -0.39 is 0 Å². The predicted octanol–water partition coefficient (Wildman–Crippen LogP) is 3.27. The Hall–Kier alpha value is -1.00. The van der Waals surface area contributed by atoms with Gasteiger partial charge in [-0.25, -0.2) is 0 Å².